The van der Waals surface area contributed by atoms with Crippen molar-refractivity contribution in [2.75, 3.05) is 0 Å². The Hall–Kier alpha value is -1.81. The topological polar surface area (TPSA) is 70.2 Å². The first-order chi connectivity index (χ1) is 7.11. The Morgan fingerprint density at radius 2 is 2.07 bits per heavy atom. The van der Waals surface area contributed by atoms with E-state index >= 15 is 0 Å². The number of aliphatic carboxylic acids is 1. The largest absolute Gasteiger partial charge is 0.475 e. The van der Waals surface area contributed by atoms with E-state index < -0.39 is 11.8 Å². The summed E-state index contributed by atoms with van der Waals surface area (Å²) in [4.78, 5) is 24.6. The molecule has 2 rings (SSSR count). The fourth-order valence-electron chi connectivity index (χ4n) is 1.42. The van der Waals surface area contributed by atoms with Crippen molar-refractivity contribution in [1.82, 2.24) is 4.98 Å². The van der Waals surface area contributed by atoms with Gasteiger partial charge in [-0.15, -0.1) is 0 Å². The lowest BCUT2D eigenvalue weighted by Gasteiger charge is -1.98. The first-order valence-electron chi connectivity index (χ1n) is 4.14. The molecule has 0 bridgehead atoms. The number of nitrogens with one attached hydrogen (secondary N) is 1. The average molecular weight is 224 g/mol. The highest BCUT2D eigenvalue weighted by Gasteiger charge is 2.18. The molecular weight excluding hydrogens is 218 g/mol. The van der Waals surface area contributed by atoms with E-state index in [1.807, 2.05) is 0 Å². The van der Waals surface area contributed by atoms with Crippen LogP contribution in [0.3, 0.4) is 0 Å². The van der Waals surface area contributed by atoms with Crippen molar-refractivity contribution in [2.45, 2.75) is 0 Å². The summed E-state index contributed by atoms with van der Waals surface area (Å²) in [6.07, 6.45) is 1.52. The quantitative estimate of drug-likeness (QED) is 0.605. The van der Waals surface area contributed by atoms with Crippen LogP contribution in [0.1, 0.15) is 10.4 Å². The van der Waals surface area contributed by atoms with E-state index in [2.05, 4.69) is 4.98 Å². The zero-order valence-electron chi connectivity index (χ0n) is 7.45. The maximum atomic E-state index is 11.3. The molecule has 0 unspecified atom stereocenters. The Labute approximate surface area is 89.5 Å². The van der Waals surface area contributed by atoms with Gasteiger partial charge in [-0.25, -0.2) is 4.79 Å². The first kappa shape index (κ1) is 9.73. The van der Waals surface area contributed by atoms with Crippen LogP contribution in [0, 0.1) is 0 Å². The summed E-state index contributed by atoms with van der Waals surface area (Å²) in [5.74, 6) is -2.42. The minimum Gasteiger partial charge on any atom is -0.475 e. The molecule has 76 valence electrons. The van der Waals surface area contributed by atoms with Crippen LogP contribution in [0.25, 0.3) is 10.9 Å². The van der Waals surface area contributed by atoms with Crippen molar-refractivity contribution < 1.29 is 14.7 Å². The highest BCUT2D eigenvalue weighted by atomic mass is 35.5. The number of carboxylic acid groups (broad SMARTS) is 1. The van der Waals surface area contributed by atoms with Crippen LogP contribution >= 0.6 is 11.6 Å². The Kier molecular flexibility index (Phi) is 2.21. The van der Waals surface area contributed by atoms with Crippen molar-refractivity contribution in [3.05, 3.63) is 35.0 Å². The molecule has 15 heavy (non-hydrogen) atoms. The molecule has 0 aliphatic heterocycles. The summed E-state index contributed by atoms with van der Waals surface area (Å²) in [6.45, 7) is 0. The number of aromatic amines is 1. The molecule has 0 aliphatic carbocycles. The van der Waals surface area contributed by atoms with Crippen LogP contribution in [0.4, 0.5) is 0 Å². The number of aromatic nitrogens is 1. The molecule has 2 N–H and O–H groups in total. The normalized spacial score (nSPS) is 10.5. The fourth-order valence-corrected chi connectivity index (χ4v) is 1.64. The van der Waals surface area contributed by atoms with Gasteiger partial charge in [-0.3, -0.25) is 4.79 Å². The summed E-state index contributed by atoms with van der Waals surface area (Å²) >= 11 is 5.84. The zero-order valence-corrected chi connectivity index (χ0v) is 8.21. The van der Waals surface area contributed by atoms with Gasteiger partial charge in [-0.1, -0.05) is 23.7 Å². The number of hydrogen-bond acceptors (Lipinski definition) is 2. The Morgan fingerprint density at radius 1 is 1.33 bits per heavy atom. The second-order valence-electron chi connectivity index (χ2n) is 3.00. The van der Waals surface area contributed by atoms with Crippen LogP contribution < -0.4 is 0 Å². The number of carboxylic acids is 1. The van der Waals surface area contributed by atoms with Gasteiger partial charge in [-0.2, -0.15) is 0 Å². The minimum atomic E-state index is -1.48. The van der Waals surface area contributed by atoms with Crippen LogP contribution in [0.2, 0.25) is 5.02 Å². The van der Waals surface area contributed by atoms with Gasteiger partial charge >= 0.3 is 5.97 Å². The molecule has 4 nitrogen and oxygen atoms in total. The van der Waals surface area contributed by atoms with Crippen molar-refractivity contribution in [3.8, 4) is 0 Å². The highest BCUT2D eigenvalue weighted by Crippen LogP contribution is 2.25. The highest BCUT2D eigenvalue weighted by molar-refractivity contribution is 6.43. The Bertz CT molecular complexity index is 559. The smallest absolute Gasteiger partial charge is 0.377 e. The minimum absolute atomic E-state index is 0.118. The van der Waals surface area contributed by atoms with E-state index in [1.165, 1.54) is 12.3 Å². The molecule has 0 saturated heterocycles. The van der Waals surface area contributed by atoms with Gasteiger partial charge in [0.2, 0.25) is 0 Å². The number of H-pyrrole nitrogens is 1. The molecule has 5 heteroatoms. The summed E-state index contributed by atoms with van der Waals surface area (Å²) in [5.41, 5.74) is 0.571. The number of carbonyl (C=O) groups is 2. The fraction of sp³-hybridized carbons (Fsp3) is 0. The molecule has 0 amide bonds. The van der Waals surface area contributed by atoms with Gasteiger partial charge in [0.15, 0.2) is 0 Å². The molecule has 1 aromatic carbocycles. The van der Waals surface area contributed by atoms with Gasteiger partial charge in [0.05, 0.1) is 16.1 Å². The molecule has 0 saturated carbocycles. The van der Waals surface area contributed by atoms with Crippen LogP contribution in [0.5, 0.6) is 0 Å². The van der Waals surface area contributed by atoms with Crippen LogP contribution in [-0.2, 0) is 4.79 Å². The Balaban J connectivity index is 2.71. The number of rotatable bonds is 2. The number of Topliss-reactive ketones (excluding diaryl/α,β-unsaturated/α-hetero) is 1. The van der Waals surface area contributed by atoms with E-state index in [0.717, 1.165) is 0 Å². The monoisotopic (exact) mass is 223 g/mol. The molecule has 0 radical (unpaired) electrons. The van der Waals surface area contributed by atoms with E-state index in [1.54, 1.807) is 12.1 Å². The van der Waals surface area contributed by atoms with E-state index in [4.69, 9.17) is 16.7 Å². The number of para-hydroxylation sites is 1. The van der Waals surface area contributed by atoms with Crippen molar-refractivity contribution in [2.24, 2.45) is 0 Å². The summed E-state index contributed by atoms with van der Waals surface area (Å²) in [7, 11) is 0. The molecule has 1 aromatic heterocycles. The maximum Gasteiger partial charge on any atom is 0.377 e. The standard InChI is InChI=1S/C10H6ClNO3/c11-7-4-12-8-5(7)2-1-3-6(8)9(13)10(14)15/h1-4,12H,(H,14,15). The lowest BCUT2D eigenvalue weighted by atomic mass is 10.1. The van der Waals surface area contributed by atoms with Crippen LogP contribution in [0.15, 0.2) is 24.4 Å². The third-order valence-corrected chi connectivity index (χ3v) is 2.42. The number of halogens is 1. The molecule has 2 aromatic rings. The predicted molar refractivity (Wildman–Crippen MR) is 55.3 cm³/mol. The Morgan fingerprint density at radius 3 is 2.73 bits per heavy atom. The van der Waals surface area contributed by atoms with Crippen molar-refractivity contribution in [1.29, 1.82) is 0 Å². The van der Waals surface area contributed by atoms with Crippen molar-refractivity contribution in [3.63, 3.8) is 0 Å². The molecular formula is C10H6ClNO3. The van der Waals surface area contributed by atoms with E-state index in [-0.39, 0.29) is 5.56 Å². The van der Waals surface area contributed by atoms with E-state index in [0.29, 0.717) is 15.9 Å². The van der Waals surface area contributed by atoms with Gasteiger partial charge in [-0.05, 0) is 6.07 Å². The van der Waals surface area contributed by atoms with Gasteiger partial charge in [0.1, 0.15) is 0 Å². The van der Waals surface area contributed by atoms with Crippen LogP contribution in [-0.4, -0.2) is 21.8 Å². The average Bonchev–Trinajstić information content (AvgIpc) is 2.59. The summed E-state index contributed by atoms with van der Waals surface area (Å²) in [6, 6.07) is 4.76. The molecule has 0 aliphatic rings. The zero-order chi connectivity index (χ0) is 11.0. The van der Waals surface area contributed by atoms with Crippen molar-refractivity contribution >= 4 is 34.3 Å². The predicted octanol–water partition coefficient (Wildman–Crippen LogP) is 2.09. The molecule has 0 spiro atoms. The third-order valence-electron chi connectivity index (χ3n) is 2.10. The number of carbonyl (C=O) groups excluding carboxylic acids is 1. The number of hydrogen-bond donors (Lipinski definition) is 2. The van der Waals surface area contributed by atoms with E-state index in [9.17, 15) is 9.59 Å². The molecule has 0 atom stereocenters. The number of ketones is 1. The second kappa shape index (κ2) is 3.40. The maximum absolute atomic E-state index is 11.3. The number of benzene rings is 1. The SMILES string of the molecule is O=C(O)C(=O)c1cccc2c(Cl)c[nH]c12. The third kappa shape index (κ3) is 1.49. The summed E-state index contributed by atoms with van der Waals surface area (Å²) < 4.78 is 0. The lowest BCUT2D eigenvalue weighted by molar-refractivity contribution is -0.131. The number of fused-ring (bicyclic) bond motifs is 1. The summed E-state index contributed by atoms with van der Waals surface area (Å²) in [5, 5.41) is 9.71. The van der Waals surface area contributed by atoms with Gasteiger partial charge in [0.25, 0.3) is 5.78 Å². The first-order valence-corrected chi connectivity index (χ1v) is 4.52. The van der Waals surface area contributed by atoms with Gasteiger partial charge < -0.3 is 10.1 Å². The lowest BCUT2D eigenvalue weighted by Crippen LogP contribution is -2.12. The van der Waals surface area contributed by atoms with Gasteiger partial charge in [0, 0.05) is 11.6 Å². The second-order valence-corrected chi connectivity index (χ2v) is 3.41. The molecule has 0 fully saturated rings. The molecule has 1 heterocycles.